The average molecular weight is 464 g/mol. The van der Waals surface area contributed by atoms with Crippen molar-refractivity contribution in [2.24, 2.45) is 4.99 Å². The Bertz CT molecular complexity index is 599. The highest BCUT2D eigenvalue weighted by atomic mass is 127. The zero-order chi connectivity index (χ0) is 18.3. The van der Waals surface area contributed by atoms with E-state index in [1.165, 1.54) is 6.07 Å². The van der Waals surface area contributed by atoms with Gasteiger partial charge in [0.05, 0.1) is 6.04 Å². The molecule has 1 rings (SSSR count). The van der Waals surface area contributed by atoms with Crippen LogP contribution in [0, 0.1) is 12.7 Å². The monoisotopic (exact) mass is 464 g/mol. The highest BCUT2D eigenvalue weighted by molar-refractivity contribution is 14.0. The number of guanidine groups is 1. The Morgan fingerprint density at radius 2 is 1.96 bits per heavy atom. The molecule has 7 heteroatoms. The Morgan fingerprint density at radius 1 is 1.32 bits per heavy atom. The first kappa shape index (κ1) is 23.6. The van der Waals surface area contributed by atoms with Crippen LogP contribution in [0.15, 0.2) is 23.2 Å². The second-order valence-corrected chi connectivity index (χ2v) is 6.87. The molecule has 3 N–H and O–H groups in total. The standard InChI is InChI=1S/C18H29FN4O.HI/c1-7-20-17(21-11-16(24)23-18(4,5)6)22-13(3)14-9-8-12(2)15(19)10-14;/h8-10,13H,7,11H2,1-6H3,(H,23,24)(H2,20,21,22);1H. The lowest BCUT2D eigenvalue weighted by atomic mass is 10.1. The van der Waals surface area contributed by atoms with Gasteiger partial charge in [-0.15, -0.1) is 24.0 Å². The van der Waals surface area contributed by atoms with Crippen LogP contribution in [0.4, 0.5) is 4.39 Å². The summed E-state index contributed by atoms with van der Waals surface area (Å²) in [4.78, 5) is 16.2. The fourth-order valence-corrected chi connectivity index (χ4v) is 2.10. The van der Waals surface area contributed by atoms with Gasteiger partial charge in [-0.25, -0.2) is 9.38 Å². The molecule has 0 heterocycles. The molecule has 1 amide bonds. The number of benzene rings is 1. The molecule has 1 aromatic rings. The van der Waals surface area contributed by atoms with E-state index < -0.39 is 0 Å². The molecule has 1 aromatic carbocycles. The lowest BCUT2D eigenvalue weighted by Crippen LogP contribution is -2.43. The molecule has 0 saturated carbocycles. The molecular weight excluding hydrogens is 434 g/mol. The fourth-order valence-electron chi connectivity index (χ4n) is 2.10. The zero-order valence-corrected chi connectivity index (χ0v) is 18.2. The zero-order valence-electron chi connectivity index (χ0n) is 15.9. The molecule has 0 radical (unpaired) electrons. The van der Waals surface area contributed by atoms with Gasteiger partial charge in [0.15, 0.2) is 5.96 Å². The molecular formula is C18H30FIN4O. The maximum atomic E-state index is 13.7. The highest BCUT2D eigenvalue weighted by Gasteiger charge is 2.14. The quantitative estimate of drug-likeness (QED) is 0.356. The summed E-state index contributed by atoms with van der Waals surface area (Å²) >= 11 is 0. The average Bonchev–Trinajstić information content (AvgIpc) is 2.46. The second kappa shape index (κ2) is 10.6. The molecule has 0 aliphatic rings. The van der Waals surface area contributed by atoms with E-state index in [-0.39, 0.29) is 53.8 Å². The fraction of sp³-hybridized carbons (Fsp3) is 0.556. The van der Waals surface area contributed by atoms with Gasteiger partial charge in [0.1, 0.15) is 12.4 Å². The molecule has 0 spiro atoms. The Kier molecular flexibility index (Phi) is 9.99. The first-order valence-electron chi connectivity index (χ1n) is 8.24. The Balaban J connectivity index is 0.00000576. The summed E-state index contributed by atoms with van der Waals surface area (Å²) in [7, 11) is 0. The molecule has 0 bridgehead atoms. The number of rotatable bonds is 5. The van der Waals surface area contributed by atoms with E-state index in [0.717, 1.165) is 5.56 Å². The van der Waals surface area contributed by atoms with Crippen molar-refractivity contribution < 1.29 is 9.18 Å². The SMILES string of the molecule is CCNC(=NCC(=O)NC(C)(C)C)NC(C)c1ccc(C)c(F)c1.I. The van der Waals surface area contributed by atoms with Crippen LogP contribution in [-0.4, -0.2) is 30.5 Å². The van der Waals surface area contributed by atoms with E-state index in [4.69, 9.17) is 0 Å². The van der Waals surface area contributed by atoms with Crippen LogP contribution >= 0.6 is 24.0 Å². The topological polar surface area (TPSA) is 65.5 Å². The first-order valence-corrected chi connectivity index (χ1v) is 8.24. The predicted molar refractivity (Wildman–Crippen MR) is 112 cm³/mol. The minimum atomic E-state index is -0.287. The van der Waals surface area contributed by atoms with Gasteiger partial charge in [0.2, 0.25) is 5.91 Å². The van der Waals surface area contributed by atoms with Crippen LogP contribution in [0.1, 0.15) is 51.8 Å². The third kappa shape index (κ3) is 9.04. The maximum Gasteiger partial charge on any atom is 0.242 e. The summed E-state index contributed by atoms with van der Waals surface area (Å²) in [5, 5.41) is 9.15. The van der Waals surface area contributed by atoms with Gasteiger partial charge in [0.25, 0.3) is 0 Å². The molecule has 142 valence electrons. The molecule has 5 nitrogen and oxygen atoms in total. The third-order valence-corrected chi connectivity index (χ3v) is 3.29. The molecule has 1 atom stereocenters. The Morgan fingerprint density at radius 3 is 2.48 bits per heavy atom. The molecule has 0 aromatic heterocycles. The number of nitrogens with zero attached hydrogens (tertiary/aromatic N) is 1. The van der Waals surface area contributed by atoms with Crippen molar-refractivity contribution in [1.29, 1.82) is 0 Å². The number of nitrogens with one attached hydrogen (secondary N) is 3. The third-order valence-electron chi connectivity index (χ3n) is 3.29. The highest BCUT2D eigenvalue weighted by Crippen LogP contribution is 2.16. The van der Waals surface area contributed by atoms with E-state index >= 15 is 0 Å². The van der Waals surface area contributed by atoms with Crippen LogP contribution in [0.3, 0.4) is 0 Å². The Labute approximate surface area is 167 Å². The Hall–Kier alpha value is -1.38. The lowest BCUT2D eigenvalue weighted by Gasteiger charge is -2.21. The van der Waals surface area contributed by atoms with E-state index in [1.54, 1.807) is 13.0 Å². The van der Waals surface area contributed by atoms with Crippen molar-refractivity contribution in [3.05, 3.63) is 35.1 Å². The molecule has 1 unspecified atom stereocenters. The van der Waals surface area contributed by atoms with Gasteiger partial charge < -0.3 is 16.0 Å². The van der Waals surface area contributed by atoms with E-state index in [9.17, 15) is 9.18 Å². The van der Waals surface area contributed by atoms with Crippen LogP contribution in [0.2, 0.25) is 0 Å². The lowest BCUT2D eigenvalue weighted by molar-refractivity contribution is -0.121. The van der Waals surface area contributed by atoms with Crippen LogP contribution in [-0.2, 0) is 4.79 Å². The predicted octanol–water partition coefficient (Wildman–Crippen LogP) is 3.28. The number of carbonyl (C=O) groups is 1. The van der Waals surface area contributed by atoms with E-state index in [2.05, 4.69) is 20.9 Å². The van der Waals surface area contributed by atoms with Crippen molar-refractivity contribution in [2.45, 2.75) is 53.1 Å². The number of hydrogen-bond acceptors (Lipinski definition) is 2. The van der Waals surface area contributed by atoms with Gasteiger partial charge in [-0.2, -0.15) is 0 Å². The van der Waals surface area contributed by atoms with Crippen molar-refractivity contribution >= 4 is 35.8 Å². The van der Waals surface area contributed by atoms with Crippen LogP contribution < -0.4 is 16.0 Å². The number of aryl methyl sites for hydroxylation is 1. The van der Waals surface area contributed by atoms with E-state index in [1.807, 2.05) is 40.7 Å². The van der Waals surface area contributed by atoms with Crippen molar-refractivity contribution in [3.63, 3.8) is 0 Å². The smallest absolute Gasteiger partial charge is 0.242 e. The number of amides is 1. The van der Waals surface area contributed by atoms with Gasteiger partial charge in [-0.1, -0.05) is 12.1 Å². The minimum absolute atomic E-state index is 0. The first-order chi connectivity index (χ1) is 11.1. The van der Waals surface area contributed by atoms with Gasteiger partial charge in [-0.05, 0) is 58.7 Å². The molecule has 0 saturated heterocycles. The van der Waals surface area contributed by atoms with Gasteiger partial charge >= 0.3 is 0 Å². The largest absolute Gasteiger partial charge is 0.357 e. The summed E-state index contributed by atoms with van der Waals surface area (Å²) in [5.74, 6) is 0.149. The number of carbonyl (C=O) groups excluding carboxylic acids is 1. The molecule has 0 aliphatic heterocycles. The van der Waals surface area contributed by atoms with Gasteiger partial charge in [-0.3, -0.25) is 4.79 Å². The van der Waals surface area contributed by atoms with Crippen LogP contribution in [0.5, 0.6) is 0 Å². The normalized spacial score (nSPS) is 12.8. The summed E-state index contributed by atoms with van der Waals surface area (Å²) in [6.45, 7) is 12.1. The maximum absolute atomic E-state index is 13.7. The number of hydrogen-bond donors (Lipinski definition) is 3. The summed E-state index contributed by atoms with van der Waals surface area (Å²) < 4.78 is 13.7. The molecule has 0 fully saturated rings. The number of halogens is 2. The number of aliphatic imine (C=N–C) groups is 1. The molecule has 0 aliphatic carbocycles. The summed E-state index contributed by atoms with van der Waals surface area (Å²) in [6.07, 6.45) is 0. The minimum Gasteiger partial charge on any atom is -0.357 e. The van der Waals surface area contributed by atoms with Crippen molar-refractivity contribution in [1.82, 2.24) is 16.0 Å². The summed E-state index contributed by atoms with van der Waals surface area (Å²) in [5.41, 5.74) is 1.15. The molecule has 25 heavy (non-hydrogen) atoms. The van der Waals surface area contributed by atoms with Crippen LogP contribution in [0.25, 0.3) is 0 Å². The van der Waals surface area contributed by atoms with Crippen molar-refractivity contribution in [2.75, 3.05) is 13.1 Å². The van der Waals surface area contributed by atoms with Crippen molar-refractivity contribution in [3.8, 4) is 0 Å². The van der Waals surface area contributed by atoms with Gasteiger partial charge in [0, 0.05) is 12.1 Å². The van der Waals surface area contributed by atoms with E-state index in [0.29, 0.717) is 18.1 Å². The second-order valence-electron chi connectivity index (χ2n) is 6.87. The summed E-state index contributed by atoms with van der Waals surface area (Å²) in [6, 6.07) is 5.02.